The topological polar surface area (TPSA) is 62.8 Å². The highest BCUT2D eigenvalue weighted by Gasteiger charge is 2.08. The van der Waals surface area contributed by atoms with E-state index in [1.54, 1.807) is 18.3 Å². The molecule has 3 rings (SSSR count). The van der Waals surface area contributed by atoms with Gasteiger partial charge in [-0.05, 0) is 29.3 Å². The van der Waals surface area contributed by atoms with Crippen LogP contribution in [0.1, 0.15) is 0 Å². The first-order chi connectivity index (χ1) is 9.05. The lowest BCUT2D eigenvalue weighted by atomic mass is 10.0. The second kappa shape index (κ2) is 4.20. The molecular formula is C14H12N2O2S. The summed E-state index contributed by atoms with van der Waals surface area (Å²) >= 11 is 0. The van der Waals surface area contributed by atoms with E-state index in [4.69, 9.17) is 0 Å². The lowest BCUT2D eigenvalue weighted by Gasteiger charge is -2.04. The highest BCUT2D eigenvalue weighted by Crippen LogP contribution is 2.28. The van der Waals surface area contributed by atoms with Gasteiger partial charge in [0, 0.05) is 11.6 Å². The number of fused-ring (bicyclic) bond motifs is 1. The van der Waals surface area contributed by atoms with Gasteiger partial charge in [-0.25, -0.2) is 8.42 Å². The van der Waals surface area contributed by atoms with Crippen LogP contribution in [0.3, 0.4) is 0 Å². The molecular weight excluding hydrogens is 260 g/mol. The highest BCUT2D eigenvalue weighted by atomic mass is 32.2. The van der Waals surface area contributed by atoms with Gasteiger partial charge in [0.05, 0.1) is 16.6 Å². The zero-order valence-electron chi connectivity index (χ0n) is 10.3. The molecule has 0 fully saturated rings. The van der Waals surface area contributed by atoms with Crippen molar-refractivity contribution in [1.29, 1.82) is 0 Å². The third-order valence-electron chi connectivity index (χ3n) is 3.08. The van der Waals surface area contributed by atoms with Crippen molar-refractivity contribution in [2.24, 2.45) is 0 Å². The minimum atomic E-state index is -3.15. The Morgan fingerprint density at radius 1 is 1.05 bits per heavy atom. The Labute approximate surface area is 111 Å². The molecule has 2 aromatic carbocycles. The molecule has 0 spiro atoms. The van der Waals surface area contributed by atoms with Gasteiger partial charge in [0.15, 0.2) is 9.84 Å². The largest absolute Gasteiger partial charge is 0.278 e. The van der Waals surface area contributed by atoms with Gasteiger partial charge >= 0.3 is 0 Å². The number of nitrogens with one attached hydrogen (secondary N) is 1. The molecule has 0 radical (unpaired) electrons. The predicted octanol–water partition coefficient (Wildman–Crippen LogP) is 2.63. The summed E-state index contributed by atoms with van der Waals surface area (Å²) in [4.78, 5) is 0.329. The summed E-state index contributed by atoms with van der Waals surface area (Å²) in [5.41, 5.74) is 2.97. The van der Waals surface area contributed by atoms with Gasteiger partial charge in [0.25, 0.3) is 0 Å². The van der Waals surface area contributed by atoms with E-state index >= 15 is 0 Å². The highest BCUT2D eigenvalue weighted by molar-refractivity contribution is 7.90. The first-order valence-corrected chi connectivity index (χ1v) is 7.67. The van der Waals surface area contributed by atoms with Gasteiger partial charge in [-0.15, -0.1) is 0 Å². The van der Waals surface area contributed by atoms with Gasteiger partial charge in [0.2, 0.25) is 0 Å². The SMILES string of the molecule is CS(=O)(=O)c1ccc(-c2cccc3[nH]ncc23)cc1. The van der Waals surface area contributed by atoms with Crippen LogP contribution in [0.5, 0.6) is 0 Å². The third-order valence-corrected chi connectivity index (χ3v) is 4.21. The van der Waals surface area contributed by atoms with E-state index < -0.39 is 9.84 Å². The Bertz CT molecular complexity index is 833. The van der Waals surface area contributed by atoms with Gasteiger partial charge in [-0.1, -0.05) is 24.3 Å². The second-order valence-electron chi connectivity index (χ2n) is 4.43. The molecule has 4 nitrogen and oxygen atoms in total. The van der Waals surface area contributed by atoms with E-state index in [-0.39, 0.29) is 0 Å². The van der Waals surface area contributed by atoms with Crippen molar-refractivity contribution in [1.82, 2.24) is 10.2 Å². The molecule has 1 aromatic heterocycles. The Morgan fingerprint density at radius 2 is 1.79 bits per heavy atom. The van der Waals surface area contributed by atoms with Gasteiger partial charge in [-0.3, -0.25) is 5.10 Å². The first kappa shape index (κ1) is 11.9. The van der Waals surface area contributed by atoms with E-state index in [1.165, 1.54) is 6.26 Å². The smallest absolute Gasteiger partial charge is 0.175 e. The van der Waals surface area contributed by atoms with Crippen LogP contribution in [0.15, 0.2) is 53.6 Å². The molecule has 0 aliphatic carbocycles. The fourth-order valence-corrected chi connectivity index (χ4v) is 2.73. The Morgan fingerprint density at radius 3 is 2.47 bits per heavy atom. The van der Waals surface area contributed by atoms with Crippen LogP contribution in [0.2, 0.25) is 0 Å². The Balaban J connectivity index is 2.15. The van der Waals surface area contributed by atoms with Gasteiger partial charge in [0.1, 0.15) is 0 Å². The summed E-state index contributed by atoms with van der Waals surface area (Å²) in [5, 5.41) is 7.97. The number of sulfone groups is 1. The summed E-state index contributed by atoms with van der Waals surface area (Å²) in [6.07, 6.45) is 2.98. The zero-order valence-corrected chi connectivity index (χ0v) is 11.1. The standard InChI is InChI=1S/C14H12N2O2S/c1-19(17,18)11-7-5-10(6-8-11)12-3-2-4-14-13(12)9-15-16-14/h2-9H,1H3,(H,15,16). The predicted molar refractivity (Wildman–Crippen MR) is 74.6 cm³/mol. The van der Waals surface area contributed by atoms with Crippen LogP contribution in [0, 0.1) is 0 Å². The Hall–Kier alpha value is -2.14. The molecule has 0 saturated carbocycles. The molecule has 0 unspecified atom stereocenters. The number of H-pyrrole nitrogens is 1. The van der Waals surface area contributed by atoms with Crippen LogP contribution >= 0.6 is 0 Å². The number of nitrogens with zero attached hydrogens (tertiary/aromatic N) is 1. The average Bonchev–Trinajstić information content (AvgIpc) is 2.86. The summed E-state index contributed by atoms with van der Waals surface area (Å²) in [6.45, 7) is 0. The summed E-state index contributed by atoms with van der Waals surface area (Å²) < 4.78 is 22.9. The minimum Gasteiger partial charge on any atom is -0.278 e. The van der Waals surface area contributed by atoms with Gasteiger partial charge in [-0.2, -0.15) is 5.10 Å². The maximum absolute atomic E-state index is 11.4. The number of hydrogen-bond acceptors (Lipinski definition) is 3. The van der Waals surface area contributed by atoms with Gasteiger partial charge < -0.3 is 0 Å². The summed E-state index contributed by atoms with van der Waals surface area (Å²) in [5.74, 6) is 0. The average molecular weight is 272 g/mol. The number of aromatic amines is 1. The van der Waals surface area contributed by atoms with E-state index in [1.807, 2.05) is 30.3 Å². The van der Waals surface area contributed by atoms with Crippen LogP contribution in [-0.2, 0) is 9.84 Å². The van der Waals surface area contributed by atoms with Crippen molar-refractivity contribution in [3.63, 3.8) is 0 Å². The molecule has 0 amide bonds. The fraction of sp³-hybridized carbons (Fsp3) is 0.0714. The number of rotatable bonds is 2. The van der Waals surface area contributed by atoms with Crippen molar-refractivity contribution in [2.45, 2.75) is 4.90 Å². The van der Waals surface area contributed by atoms with E-state index in [2.05, 4.69) is 10.2 Å². The van der Waals surface area contributed by atoms with Crippen molar-refractivity contribution in [3.8, 4) is 11.1 Å². The van der Waals surface area contributed by atoms with Crippen LogP contribution < -0.4 is 0 Å². The van der Waals surface area contributed by atoms with Crippen molar-refractivity contribution >= 4 is 20.7 Å². The quantitative estimate of drug-likeness (QED) is 0.780. The number of aromatic nitrogens is 2. The maximum atomic E-state index is 11.4. The molecule has 0 aliphatic rings. The lowest BCUT2D eigenvalue weighted by molar-refractivity contribution is 0.602. The number of benzene rings is 2. The normalized spacial score (nSPS) is 11.8. The number of hydrogen-bond donors (Lipinski definition) is 1. The maximum Gasteiger partial charge on any atom is 0.175 e. The monoisotopic (exact) mass is 272 g/mol. The molecule has 5 heteroatoms. The molecule has 0 aliphatic heterocycles. The van der Waals surface area contributed by atoms with Crippen LogP contribution in [0.4, 0.5) is 0 Å². The van der Waals surface area contributed by atoms with E-state index in [0.29, 0.717) is 4.90 Å². The summed E-state index contributed by atoms with van der Waals surface area (Å²) in [7, 11) is -3.15. The molecule has 96 valence electrons. The first-order valence-electron chi connectivity index (χ1n) is 5.78. The summed E-state index contributed by atoms with van der Waals surface area (Å²) in [6, 6.07) is 12.8. The molecule has 19 heavy (non-hydrogen) atoms. The molecule has 0 bridgehead atoms. The third kappa shape index (κ3) is 2.13. The van der Waals surface area contributed by atoms with Crippen molar-refractivity contribution < 1.29 is 8.42 Å². The fourth-order valence-electron chi connectivity index (χ4n) is 2.10. The zero-order chi connectivity index (χ0) is 13.5. The molecule has 1 heterocycles. The second-order valence-corrected chi connectivity index (χ2v) is 6.45. The molecule has 0 atom stereocenters. The lowest BCUT2D eigenvalue weighted by Crippen LogP contribution is -1.96. The van der Waals surface area contributed by atoms with Crippen LogP contribution in [-0.4, -0.2) is 24.9 Å². The van der Waals surface area contributed by atoms with Crippen molar-refractivity contribution in [3.05, 3.63) is 48.7 Å². The van der Waals surface area contributed by atoms with Crippen LogP contribution in [0.25, 0.3) is 22.0 Å². The Kier molecular flexibility index (Phi) is 2.64. The van der Waals surface area contributed by atoms with E-state index in [9.17, 15) is 8.42 Å². The van der Waals surface area contributed by atoms with E-state index in [0.717, 1.165) is 22.0 Å². The van der Waals surface area contributed by atoms with Crippen molar-refractivity contribution in [2.75, 3.05) is 6.26 Å². The molecule has 3 aromatic rings. The minimum absolute atomic E-state index is 0.329. The molecule has 0 saturated heterocycles. The molecule has 1 N–H and O–H groups in total.